The number of benzene rings is 2. The van der Waals surface area contributed by atoms with Gasteiger partial charge in [-0.05, 0) is 55.0 Å². The summed E-state index contributed by atoms with van der Waals surface area (Å²) in [5.74, 6) is -2.30. The summed E-state index contributed by atoms with van der Waals surface area (Å²) in [4.78, 5) is 38.4. The third-order valence-corrected chi connectivity index (χ3v) is 4.67. The van der Waals surface area contributed by atoms with Crippen molar-refractivity contribution in [1.82, 2.24) is 0 Å². The maximum Gasteiger partial charge on any atom is 0.359 e. The number of hydrazone groups is 1. The molecule has 3 rings (SSSR count). The van der Waals surface area contributed by atoms with Crippen molar-refractivity contribution in [3.63, 3.8) is 0 Å². The minimum Gasteiger partial charge on any atom is -0.478 e. The number of anilines is 2. The smallest absolute Gasteiger partial charge is 0.359 e. The third-order valence-electron chi connectivity index (χ3n) is 4.67. The molecule has 2 aromatic carbocycles. The zero-order valence-corrected chi connectivity index (χ0v) is 18.0. The Morgan fingerprint density at radius 2 is 1.75 bits per heavy atom. The number of carbonyl (C=O) groups excluding carboxylic acids is 2. The van der Waals surface area contributed by atoms with Crippen LogP contribution in [0.3, 0.4) is 0 Å². The van der Waals surface area contributed by atoms with Crippen molar-refractivity contribution < 1.29 is 24.2 Å². The second-order valence-corrected chi connectivity index (χ2v) is 7.06. The van der Waals surface area contributed by atoms with Crippen LogP contribution in [0.4, 0.5) is 11.4 Å². The van der Waals surface area contributed by atoms with Gasteiger partial charge in [-0.25, -0.2) is 9.59 Å². The first-order chi connectivity index (χ1) is 15.3. The molecule has 0 spiro atoms. The van der Waals surface area contributed by atoms with E-state index in [-0.39, 0.29) is 23.5 Å². The van der Waals surface area contributed by atoms with Crippen molar-refractivity contribution in [3.05, 3.63) is 77.4 Å². The van der Waals surface area contributed by atoms with Crippen LogP contribution in [0, 0.1) is 0 Å². The van der Waals surface area contributed by atoms with E-state index in [1.165, 1.54) is 30.3 Å². The molecule has 164 valence electrons. The third kappa shape index (κ3) is 4.92. The first-order valence-corrected chi connectivity index (χ1v) is 9.91. The number of carboxylic acids is 1. The Bertz CT molecular complexity index is 1110. The second kappa shape index (κ2) is 9.74. The number of carboxylic acid groups (broad SMARTS) is 1. The molecule has 8 heteroatoms. The number of hydrogen-bond donors (Lipinski definition) is 1. The molecule has 0 aromatic heterocycles. The van der Waals surface area contributed by atoms with Gasteiger partial charge < -0.3 is 14.7 Å². The predicted octanol–water partition coefficient (Wildman–Crippen LogP) is 3.36. The largest absolute Gasteiger partial charge is 0.478 e. The highest BCUT2D eigenvalue weighted by atomic mass is 16.5. The van der Waals surface area contributed by atoms with Crippen molar-refractivity contribution in [3.8, 4) is 0 Å². The lowest BCUT2D eigenvalue weighted by molar-refractivity contribution is -0.135. The molecular formula is C24H23N3O5. The number of amides is 1. The highest BCUT2D eigenvalue weighted by Gasteiger charge is 2.35. The maximum absolute atomic E-state index is 13.0. The molecule has 1 aliphatic heterocycles. The summed E-state index contributed by atoms with van der Waals surface area (Å²) >= 11 is 0. The van der Waals surface area contributed by atoms with E-state index in [0.717, 1.165) is 16.3 Å². The standard InChI is InChI=1S/C24H23N3O5/c1-4-32-24(31)21-20(7-5-6-16-8-12-18(13-9-16)26(2)3)22(28)27(25-21)19-14-10-17(11-15-19)23(29)30/h5-15H,4H2,1-3H3,(H,29,30)/b6-5+,20-7?. The lowest BCUT2D eigenvalue weighted by Gasteiger charge is -2.11. The van der Waals surface area contributed by atoms with Crippen LogP contribution in [0.2, 0.25) is 0 Å². The van der Waals surface area contributed by atoms with E-state index in [9.17, 15) is 14.4 Å². The van der Waals surface area contributed by atoms with E-state index in [1.54, 1.807) is 13.0 Å². The van der Waals surface area contributed by atoms with Crippen LogP contribution >= 0.6 is 0 Å². The Morgan fingerprint density at radius 1 is 1.09 bits per heavy atom. The summed E-state index contributed by atoms with van der Waals surface area (Å²) in [7, 11) is 3.91. The van der Waals surface area contributed by atoms with E-state index in [4.69, 9.17) is 9.84 Å². The summed E-state index contributed by atoms with van der Waals surface area (Å²) in [6.07, 6.45) is 5.00. The van der Waals surface area contributed by atoms with Gasteiger partial charge >= 0.3 is 11.9 Å². The molecule has 0 bridgehead atoms. The van der Waals surface area contributed by atoms with Crippen LogP contribution < -0.4 is 9.91 Å². The number of ether oxygens (including phenoxy) is 1. The molecule has 0 saturated heterocycles. The second-order valence-electron chi connectivity index (χ2n) is 7.06. The molecule has 1 amide bonds. The van der Waals surface area contributed by atoms with Crippen LogP contribution in [-0.2, 0) is 14.3 Å². The monoisotopic (exact) mass is 433 g/mol. The van der Waals surface area contributed by atoms with E-state index in [0.29, 0.717) is 5.69 Å². The summed E-state index contributed by atoms with van der Waals surface area (Å²) in [6.45, 7) is 1.80. The average molecular weight is 433 g/mol. The SMILES string of the molecule is CCOC(=O)C1=NN(c2ccc(C(=O)O)cc2)C(=O)C1=C/C=C/c1ccc(N(C)C)cc1. The van der Waals surface area contributed by atoms with Gasteiger partial charge in [-0.15, -0.1) is 0 Å². The number of nitrogens with zero attached hydrogens (tertiary/aromatic N) is 3. The molecule has 0 unspecified atom stereocenters. The van der Waals surface area contributed by atoms with Crippen LogP contribution in [0.25, 0.3) is 6.08 Å². The van der Waals surface area contributed by atoms with Gasteiger partial charge in [0, 0.05) is 19.8 Å². The molecular weight excluding hydrogens is 410 g/mol. The zero-order valence-electron chi connectivity index (χ0n) is 18.0. The van der Waals surface area contributed by atoms with Gasteiger partial charge in [-0.1, -0.05) is 24.3 Å². The summed E-state index contributed by atoms with van der Waals surface area (Å²) in [6, 6.07) is 13.5. The molecule has 1 heterocycles. The Labute approximate surface area is 185 Å². The van der Waals surface area contributed by atoms with Gasteiger partial charge in [-0.3, -0.25) is 4.79 Å². The summed E-state index contributed by atoms with van der Waals surface area (Å²) < 4.78 is 5.04. The van der Waals surface area contributed by atoms with Crippen molar-refractivity contribution in [1.29, 1.82) is 0 Å². The fourth-order valence-corrected chi connectivity index (χ4v) is 2.97. The highest BCUT2D eigenvalue weighted by molar-refractivity contribution is 6.53. The van der Waals surface area contributed by atoms with E-state index < -0.39 is 17.8 Å². The summed E-state index contributed by atoms with van der Waals surface area (Å²) in [5, 5.41) is 14.3. The first kappa shape index (κ1) is 22.5. The van der Waals surface area contributed by atoms with Gasteiger partial charge in [0.15, 0.2) is 5.71 Å². The number of hydrogen-bond acceptors (Lipinski definition) is 6. The van der Waals surface area contributed by atoms with Crippen molar-refractivity contribution in [2.75, 3.05) is 30.6 Å². The minimum atomic E-state index is -1.08. The van der Waals surface area contributed by atoms with Crippen molar-refractivity contribution >= 4 is 41.0 Å². The quantitative estimate of drug-likeness (QED) is 0.531. The average Bonchev–Trinajstić information content (AvgIpc) is 3.11. The summed E-state index contributed by atoms with van der Waals surface area (Å²) in [5.41, 5.74) is 2.39. The van der Waals surface area contributed by atoms with E-state index in [2.05, 4.69) is 5.10 Å². The van der Waals surface area contributed by atoms with E-state index in [1.807, 2.05) is 49.3 Å². The lowest BCUT2D eigenvalue weighted by atomic mass is 10.1. The normalized spacial score (nSPS) is 14.7. The van der Waals surface area contributed by atoms with Crippen molar-refractivity contribution in [2.45, 2.75) is 6.92 Å². The number of allylic oxidation sites excluding steroid dienone is 2. The Balaban J connectivity index is 1.89. The van der Waals surface area contributed by atoms with Crippen LogP contribution in [0.5, 0.6) is 0 Å². The molecule has 0 aliphatic carbocycles. The van der Waals surface area contributed by atoms with Gasteiger partial charge in [0.2, 0.25) is 0 Å². The van der Waals surface area contributed by atoms with Crippen LogP contribution in [0.1, 0.15) is 22.8 Å². The van der Waals surface area contributed by atoms with Gasteiger partial charge in [-0.2, -0.15) is 10.1 Å². The highest BCUT2D eigenvalue weighted by Crippen LogP contribution is 2.25. The molecule has 1 N–H and O–H groups in total. The fourth-order valence-electron chi connectivity index (χ4n) is 2.97. The lowest BCUT2D eigenvalue weighted by Crippen LogP contribution is -2.22. The van der Waals surface area contributed by atoms with Gasteiger partial charge in [0.05, 0.1) is 23.4 Å². The number of aromatic carboxylic acids is 1. The number of esters is 1. The van der Waals surface area contributed by atoms with Gasteiger partial charge in [0.25, 0.3) is 5.91 Å². The molecule has 32 heavy (non-hydrogen) atoms. The number of rotatable bonds is 7. The molecule has 0 fully saturated rings. The van der Waals surface area contributed by atoms with Gasteiger partial charge in [0.1, 0.15) is 0 Å². The topological polar surface area (TPSA) is 99.5 Å². The Kier molecular flexibility index (Phi) is 6.84. The molecule has 0 saturated carbocycles. The molecule has 8 nitrogen and oxygen atoms in total. The van der Waals surface area contributed by atoms with Crippen molar-refractivity contribution in [2.24, 2.45) is 5.10 Å². The maximum atomic E-state index is 13.0. The van der Waals surface area contributed by atoms with Crippen LogP contribution in [0.15, 0.2) is 71.4 Å². The van der Waals surface area contributed by atoms with E-state index >= 15 is 0 Å². The molecule has 2 aromatic rings. The fraction of sp³-hybridized carbons (Fsp3) is 0.167. The zero-order chi connectivity index (χ0) is 23.3. The predicted molar refractivity (Wildman–Crippen MR) is 123 cm³/mol. The Morgan fingerprint density at radius 3 is 2.31 bits per heavy atom. The first-order valence-electron chi connectivity index (χ1n) is 9.91. The number of carbonyl (C=O) groups is 3. The minimum absolute atomic E-state index is 0.0778. The molecule has 1 aliphatic rings. The van der Waals surface area contributed by atoms with Crippen LogP contribution in [-0.4, -0.2) is 49.4 Å². The molecule has 0 atom stereocenters. The Hall–Kier alpha value is -4.20. The molecule has 0 radical (unpaired) electrons.